The average Bonchev–Trinajstić information content (AvgIpc) is 2.68. The largest absolute Gasteiger partial charge is 0.458 e. The highest BCUT2D eigenvalue weighted by Gasteiger charge is 2.71. The monoisotopic (exact) mass is 654 g/mol. The number of rotatable bonds is 9. The van der Waals surface area contributed by atoms with E-state index in [4.69, 9.17) is 14.3 Å². The van der Waals surface area contributed by atoms with Gasteiger partial charge in [-0.15, -0.1) is 0 Å². The maximum Gasteiger partial charge on any atom is 0.408 e. The van der Waals surface area contributed by atoms with Gasteiger partial charge in [0.15, 0.2) is 5.41 Å². The lowest BCUT2D eigenvalue weighted by atomic mass is 9.76. The molecule has 224 valence electrons. The molecule has 7 nitrogen and oxygen atoms in total. The van der Waals surface area contributed by atoms with Crippen molar-refractivity contribution in [2.75, 3.05) is 11.5 Å². The van der Waals surface area contributed by atoms with Crippen LogP contribution in [-0.2, 0) is 29.4 Å². The van der Waals surface area contributed by atoms with Crippen LogP contribution in [0.4, 0.5) is 31.1 Å². The van der Waals surface area contributed by atoms with Gasteiger partial charge in [0.05, 0.1) is 0 Å². The minimum Gasteiger partial charge on any atom is -0.458 e. The fraction of sp³-hybridized carbons (Fsp3) is 0.667. The van der Waals surface area contributed by atoms with Crippen molar-refractivity contribution in [2.24, 2.45) is 0 Å². The molecule has 0 aliphatic carbocycles. The number of esters is 1. The molecule has 2 atom stereocenters. The van der Waals surface area contributed by atoms with Crippen LogP contribution in [0.15, 0.2) is 28.7 Å². The number of amides is 1. The standard InChI is InChI=1S/C24H33BrF6N2O5S/c1-20(2,3)37-18(34)17(33-19(35)38-21(4,5)6)11-13-39(32,36)14-12-22(23(26,27)28,24(29,30)31)15-7-9-16(25)10-8-15/h7-10,17,32H,11-14H2,1-6H3,(H,33,35)/t17-,39?/m0/s1. The Morgan fingerprint density at radius 3 is 1.77 bits per heavy atom. The van der Waals surface area contributed by atoms with E-state index >= 15 is 0 Å². The topological polar surface area (TPSA) is 106 Å². The molecule has 0 aromatic heterocycles. The maximum atomic E-state index is 14.1. The molecule has 39 heavy (non-hydrogen) atoms. The summed E-state index contributed by atoms with van der Waals surface area (Å²) >= 11 is 2.97. The lowest BCUT2D eigenvalue weighted by Gasteiger charge is -2.38. The Balaban J connectivity index is 3.24. The second-order valence-electron chi connectivity index (χ2n) is 10.9. The number of halogens is 7. The molecule has 0 radical (unpaired) electrons. The van der Waals surface area contributed by atoms with Crippen molar-refractivity contribution >= 4 is 37.7 Å². The Morgan fingerprint density at radius 2 is 1.36 bits per heavy atom. The summed E-state index contributed by atoms with van der Waals surface area (Å²) < 4.78 is 116. The highest BCUT2D eigenvalue weighted by atomic mass is 79.9. The van der Waals surface area contributed by atoms with Gasteiger partial charge in [0.25, 0.3) is 0 Å². The maximum absolute atomic E-state index is 14.1. The third kappa shape index (κ3) is 10.5. The molecular weight excluding hydrogens is 622 g/mol. The molecule has 0 fully saturated rings. The molecule has 0 heterocycles. The van der Waals surface area contributed by atoms with Gasteiger partial charge in [-0.25, -0.2) is 13.8 Å². The number of nitrogens with one attached hydrogen (secondary N) is 2. The van der Waals surface area contributed by atoms with E-state index in [0.717, 1.165) is 12.1 Å². The van der Waals surface area contributed by atoms with Gasteiger partial charge in [0.2, 0.25) is 0 Å². The van der Waals surface area contributed by atoms with Gasteiger partial charge in [-0.2, -0.15) is 26.3 Å². The van der Waals surface area contributed by atoms with E-state index in [2.05, 4.69) is 21.2 Å². The summed E-state index contributed by atoms with van der Waals surface area (Å²) in [5, 5.41) is 2.21. The van der Waals surface area contributed by atoms with Crippen LogP contribution in [0.25, 0.3) is 0 Å². The van der Waals surface area contributed by atoms with Crippen molar-refractivity contribution < 1.29 is 49.6 Å². The molecule has 15 heteroatoms. The van der Waals surface area contributed by atoms with Gasteiger partial charge < -0.3 is 14.8 Å². The molecule has 0 bridgehead atoms. The zero-order chi connectivity index (χ0) is 30.7. The Hall–Kier alpha value is -2.03. The van der Waals surface area contributed by atoms with Gasteiger partial charge in [0.1, 0.15) is 17.2 Å². The number of hydrogen-bond acceptors (Lipinski definition) is 6. The fourth-order valence-corrected chi connectivity index (χ4v) is 5.17. The molecule has 2 N–H and O–H groups in total. The second kappa shape index (κ2) is 12.2. The van der Waals surface area contributed by atoms with Crippen LogP contribution in [0.1, 0.15) is 59.9 Å². The Labute approximate surface area is 232 Å². The highest BCUT2D eigenvalue weighted by Crippen LogP contribution is 2.54. The predicted molar refractivity (Wildman–Crippen MR) is 137 cm³/mol. The zero-order valence-corrected chi connectivity index (χ0v) is 24.7. The molecule has 0 aliphatic heterocycles. The first-order chi connectivity index (χ1) is 17.3. The van der Waals surface area contributed by atoms with E-state index in [1.807, 2.05) is 0 Å². The Kier molecular flexibility index (Phi) is 11.0. The first-order valence-electron chi connectivity index (χ1n) is 11.7. The summed E-state index contributed by atoms with van der Waals surface area (Å²) in [4.78, 5) is 24.8. The summed E-state index contributed by atoms with van der Waals surface area (Å²) in [6, 6.07) is 1.85. The number of alkyl halides is 6. The van der Waals surface area contributed by atoms with E-state index < -0.39 is 86.7 Å². The zero-order valence-electron chi connectivity index (χ0n) is 22.3. The van der Waals surface area contributed by atoms with E-state index in [-0.39, 0.29) is 4.47 Å². The van der Waals surface area contributed by atoms with Crippen LogP contribution in [0, 0.1) is 4.78 Å². The smallest absolute Gasteiger partial charge is 0.408 e. The van der Waals surface area contributed by atoms with Gasteiger partial charge in [-0.1, -0.05) is 28.1 Å². The van der Waals surface area contributed by atoms with Gasteiger partial charge >= 0.3 is 24.4 Å². The summed E-state index contributed by atoms with van der Waals surface area (Å²) in [6.07, 6.45) is -15.0. The molecule has 0 saturated carbocycles. The Morgan fingerprint density at radius 1 is 0.897 bits per heavy atom. The van der Waals surface area contributed by atoms with Crippen LogP contribution >= 0.6 is 15.9 Å². The first-order valence-corrected chi connectivity index (χ1v) is 14.3. The van der Waals surface area contributed by atoms with Crippen LogP contribution < -0.4 is 5.32 Å². The third-order valence-electron chi connectivity index (χ3n) is 5.23. The van der Waals surface area contributed by atoms with Crippen LogP contribution in [-0.4, -0.2) is 57.4 Å². The van der Waals surface area contributed by atoms with Crippen molar-refractivity contribution in [1.29, 1.82) is 4.78 Å². The molecule has 1 aromatic carbocycles. The van der Waals surface area contributed by atoms with Gasteiger partial charge in [-0.3, -0.25) is 4.78 Å². The number of hydrogen-bond donors (Lipinski definition) is 2. The molecule has 1 rings (SSSR count). The minimum atomic E-state index is -5.83. The van der Waals surface area contributed by atoms with Crippen molar-refractivity contribution in [3.8, 4) is 0 Å². The second-order valence-corrected chi connectivity index (χ2v) is 14.3. The SMILES string of the molecule is CC(C)(C)OC(=O)N[C@@H](CCS(=N)(=O)CCC(c1ccc(Br)cc1)(C(F)(F)F)C(F)(F)F)C(=O)OC(C)(C)C. The lowest BCUT2D eigenvalue weighted by Crippen LogP contribution is -2.55. The van der Waals surface area contributed by atoms with E-state index in [1.54, 1.807) is 20.8 Å². The van der Waals surface area contributed by atoms with Gasteiger partial charge in [0, 0.05) is 25.7 Å². The third-order valence-corrected chi connectivity index (χ3v) is 7.52. The summed E-state index contributed by atoms with van der Waals surface area (Å²) in [6.45, 7) is 9.22. The van der Waals surface area contributed by atoms with Crippen molar-refractivity contribution in [3.63, 3.8) is 0 Å². The Bertz CT molecular complexity index is 1090. The van der Waals surface area contributed by atoms with Crippen molar-refractivity contribution in [2.45, 2.75) is 89.4 Å². The molecule has 0 saturated heterocycles. The number of alkyl carbamates (subject to hydrolysis) is 1. The predicted octanol–water partition coefficient (Wildman–Crippen LogP) is 6.87. The molecule has 1 amide bonds. The lowest BCUT2D eigenvalue weighted by molar-refractivity contribution is -0.304. The van der Waals surface area contributed by atoms with Crippen LogP contribution in [0.2, 0.25) is 0 Å². The molecule has 1 aromatic rings. The number of benzene rings is 1. The number of ether oxygens (including phenoxy) is 2. The quantitative estimate of drug-likeness (QED) is 0.223. The van der Waals surface area contributed by atoms with Gasteiger partial charge in [-0.05, 0) is 72.1 Å². The van der Waals surface area contributed by atoms with Crippen molar-refractivity contribution in [1.82, 2.24) is 5.32 Å². The van der Waals surface area contributed by atoms with E-state index in [1.165, 1.54) is 20.8 Å². The molecular formula is C24H33BrF6N2O5S. The first kappa shape index (κ1) is 35.0. The van der Waals surface area contributed by atoms with Crippen LogP contribution in [0.5, 0.6) is 0 Å². The number of carbonyl (C=O) groups excluding carboxylic acids is 2. The normalized spacial score (nSPS) is 15.7. The van der Waals surface area contributed by atoms with E-state index in [0.29, 0.717) is 12.1 Å². The van der Waals surface area contributed by atoms with Crippen LogP contribution in [0.3, 0.4) is 0 Å². The highest BCUT2D eigenvalue weighted by molar-refractivity contribution is 9.10. The minimum absolute atomic E-state index is 0.249. The van der Waals surface area contributed by atoms with Crippen molar-refractivity contribution in [3.05, 3.63) is 34.3 Å². The molecule has 0 spiro atoms. The molecule has 0 aliphatic rings. The fourth-order valence-electron chi connectivity index (χ4n) is 3.45. The number of carbonyl (C=O) groups is 2. The van der Waals surface area contributed by atoms with E-state index in [9.17, 15) is 40.1 Å². The summed E-state index contributed by atoms with van der Waals surface area (Å²) in [5.41, 5.74) is -7.48. The average molecular weight is 655 g/mol. The summed E-state index contributed by atoms with van der Waals surface area (Å²) in [7, 11) is -4.10. The summed E-state index contributed by atoms with van der Waals surface area (Å²) in [5.74, 6) is -3.08. The molecule has 1 unspecified atom stereocenters.